The van der Waals surface area contributed by atoms with E-state index in [1.165, 1.54) is 11.8 Å². The van der Waals surface area contributed by atoms with Gasteiger partial charge in [0.15, 0.2) is 10.9 Å². The summed E-state index contributed by atoms with van der Waals surface area (Å²) in [6.45, 7) is 6.86. The smallest absolute Gasteiger partial charge is 0.266 e. The Hall–Kier alpha value is -3.32. The molecule has 0 saturated carbocycles. The lowest BCUT2D eigenvalue weighted by Gasteiger charge is -2.14. The van der Waals surface area contributed by atoms with Crippen molar-refractivity contribution in [1.29, 1.82) is 0 Å². The molecule has 0 spiro atoms. The van der Waals surface area contributed by atoms with Crippen LogP contribution < -0.4 is 10.3 Å². The molecule has 0 bridgehead atoms. The van der Waals surface area contributed by atoms with E-state index in [1.807, 2.05) is 56.3 Å². The number of benzene rings is 2. The minimum absolute atomic E-state index is 0.0161. The van der Waals surface area contributed by atoms with Gasteiger partial charge >= 0.3 is 0 Å². The molecule has 0 fully saturated rings. The molecule has 0 radical (unpaired) electrons. The van der Waals surface area contributed by atoms with Crippen molar-refractivity contribution in [3.8, 4) is 11.4 Å². The summed E-state index contributed by atoms with van der Waals surface area (Å²) in [4.78, 5) is 31.2. The molecule has 0 amide bonds. The number of nitrogens with zero attached hydrogens (tertiary/aromatic N) is 3. The zero-order chi connectivity index (χ0) is 22.8. The maximum atomic E-state index is 13.4. The zero-order valence-corrected chi connectivity index (χ0v) is 19.4. The molecule has 0 N–H and O–H groups in total. The van der Waals surface area contributed by atoms with Crippen molar-refractivity contribution >= 4 is 28.4 Å². The molecule has 4 aromatic rings. The van der Waals surface area contributed by atoms with E-state index in [0.29, 0.717) is 33.1 Å². The Balaban J connectivity index is 1.76. The highest BCUT2D eigenvalue weighted by molar-refractivity contribution is 7.99. The van der Waals surface area contributed by atoms with Crippen LogP contribution in [0.5, 0.6) is 5.75 Å². The van der Waals surface area contributed by atoms with Crippen LogP contribution in [0, 0.1) is 13.8 Å². The van der Waals surface area contributed by atoms with Crippen LogP contribution in [0.2, 0.25) is 0 Å². The summed E-state index contributed by atoms with van der Waals surface area (Å²) < 4.78 is 9.01. The average Bonchev–Trinajstić information content (AvgIpc) is 3.10. The van der Waals surface area contributed by atoms with Gasteiger partial charge in [-0.25, -0.2) is 4.98 Å². The van der Waals surface area contributed by atoms with Crippen molar-refractivity contribution in [2.45, 2.75) is 32.5 Å². The van der Waals surface area contributed by atoms with Crippen molar-refractivity contribution in [3.63, 3.8) is 0 Å². The lowest BCUT2D eigenvalue weighted by molar-refractivity contribution is 0.102. The van der Waals surface area contributed by atoms with Crippen LogP contribution in [-0.4, -0.2) is 32.8 Å². The van der Waals surface area contributed by atoms with Gasteiger partial charge in [0.05, 0.1) is 29.5 Å². The van der Waals surface area contributed by atoms with Crippen LogP contribution in [0.4, 0.5) is 0 Å². The fraction of sp³-hybridized carbons (Fsp3) is 0.240. The quantitative estimate of drug-likeness (QED) is 0.231. The SMILES string of the molecule is CCn1c(C)cc(C(=O)CSc2nc3ccccc3c(=O)n2-c2cccc(OC)c2)c1C. The monoisotopic (exact) mass is 447 g/mol. The summed E-state index contributed by atoms with van der Waals surface area (Å²) in [5, 5.41) is 0.997. The second-order valence-corrected chi connectivity index (χ2v) is 8.44. The van der Waals surface area contributed by atoms with Crippen LogP contribution >= 0.6 is 11.8 Å². The number of hydrogen-bond acceptors (Lipinski definition) is 5. The Morgan fingerprint density at radius 2 is 1.88 bits per heavy atom. The lowest BCUT2D eigenvalue weighted by atomic mass is 10.2. The van der Waals surface area contributed by atoms with Gasteiger partial charge in [-0.3, -0.25) is 14.2 Å². The summed E-state index contributed by atoms with van der Waals surface area (Å²) in [5.74, 6) is 0.840. The zero-order valence-electron chi connectivity index (χ0n) is 18.6. The number of Topliss-reactive ketones (excluding diaryl/α,β-unsaturated/α-hetero) is 1. The molecule has 32 heavy (non-hydrogen) atoms. The van der Waals surface area contributed by atoms with Crippen LogP contribution in [0.15, 0.2) is 64.5 Å². The first-order valence-electron chi connectivity index (χ1n) is 10.4. The number of ether oxygens (including phenoxy) is 1. The second-order valence-electron chi connectivity index (χ2n) is 7.49. The van der Waals surface area contributed by atoms with E-state index in [9.17, 15) is 9.59 Å². The molecular formula is C25H25N3O3S. The van der Waals surface area contributed by atoms with Gasteiger partial charge in [-0.05, 0) is 51.1 Å². The predicted octanol–water partition coefficient (Wildman–Crippen LogP) is 4.81. The number of ketones is 1. The van der Waals surface area contributed by atoms with Crippen LogP contribution in [0.3, 0.4) is 0 Å². The maximum Gasteiger partial charge on any atom is 0.266 e. The van der Waals surface area contributed by atoms with Crippen LogP contribution in [0.25, 0.3) is 16.6 Å². The highest BCUT2D eigenvalue weighted by Crippen LogP contribution is 2.25. The minimum atomic E-state index is -0.178. The van der Waals surface area contributed by atoms with E-state index < -0.39 is 0 Å². The molecule has 4 rings (SSSR count). The first-order chi connectivity index (χ1) is 15.4. The summed E-state index contributed by atoms with van der Waals surface area (Å²) in [7, 11) is 1.58. The van der Waals surface area contributed by atoms with Gasteiger partial charge in [0.25, 0.3) is 5.56 Å². The molecular weight excluding hydrogens is 422 g/mol. The number of para-hydroxylation sites is 1. The number of carbonyl (C=O) groups is 1. The fourth-order valence-corrected chi connectivity index (χ4v) is 4.86. The van der Waals surface area contributed by atoms with Crippen molar-refractivity contribution in [3.05, 3.63) is 81.9 Å². The van der Waals surface area contributed by atoms with E-state index in [1.54, 1.807) is 23.8 Å². The Bertz CT molecular complexity index is 1370. The lowest BCUT2D eigenvalue weighted by Crippen LogP contribution is -2.22. The summed E-state index contributed by atoms with van der Waals surface area (Å²) in [6.07, 6.45) is 0. The largest absolute Gasteiger partial charge is 0.497 e. The highest BCUT2D eigenvalue weighted by Gasteiger charge is 2.18. The van der Waals surface area contributed by atoms with Crippen molar-refractivity contribution in [2.75, 3.05) is 12.9 Å². The Kier molecular flexibility index (Phi) is 6.19. The van der Waals surface area contributed by atoms with Gasteiger partial charge in [-0.1, -0.05) is 30.0 Å². The normalized spacial score (nSPS) is 11.1. The van der Waals surface area contributed by atoms with E-state index in [4.69, 9.17) is 9.72 Å². The molecule has 6 nitrogen and oxygen atoms in total. The summed E-state index contributed by atoms with van der Waals surface area (Å²) in [6, 6.07) is 16.5. The molecule has 2 heterocycles. The van der Waals surface area contributed by atoms with Gasteiger partial charge in [0, 0.05) is 29.6 Å². The van der Waals surface area contributed by atoms with Gasteiger partial charge in [0.2, 0.25) is 0 Å². The van der Waals surface area contributed by atoms with E-state index in [2.05, 4.69) is 11.5 Å². The number of aromatic nitrogens is 3. The first-order valence-corrected chi connectivity index (χ1v) is 11.4. The Morgan fingerprint density at radius 3 is 2.59 bits per heavy atom. The van der Waals surface area contributed by atoms with Gasteiger partial charge in [-0.2, -0.15) is 0 Å². The van der Waals surface area contributed by atoms with Crippen LogP contribution in [-0.2, 0) is 6.54 Å². The number of methoxy groups -OCH3 is 1. The molecule has 0 unspecified atom stereocenters. The van der Waals surface area contributed by atoms with Crippen molar-refractivity contribution in [2.24, 2.45) is 0 Å². The second kappa shape index (κ2) is 9.04. The van der Waals surface area contributed by atoms with Crippen molar-refractivity contribution < 1.29 is 9.53 Å². The van der Waals surface area contributed by atoms with Gasteiger partial charge < -0.3 is 9.30 Å². The molecule has 7 heteroatoms. The Morgan fingerprint density at radius 1 is 1.09 bits per heavy atom. The first kappa shape index (κ1) is 21.9. The number of carbonyl (C=O) groups excluding carboxylic acids is 1. The third-order valence-electron chi connectivity index (χ3n) is 5.58. The van der Waals surface area contributed by atoms with Gasteiger partial charge in [0.1, 0.15) is 5.75 Å². The third kappa shape index (κ3) is 3.96. The average molecular weight is 448 g/mol. The number of fused-ring (bicyclic) bond motifs is 1. The Labute approximate surface area is 190 Å². The summed E-state index contributed by atoms with van der Waals surface area (Å²) >= 11 is 1.27. The molecule has 0 atom stereocenters. The molecule has 2 aromatic carbocycles. The number of hydrogen-bond donors (Lipinski definition) is 0. The van der Waals surface area contributed by atoms with E-state index in [0.717, 1.165) is 17.9 Å². The molecule has 0 aliphatic rings. The maximum absolute atomic E-state index is 13.4. The summed E-state index contributed by atoms with van der Waals surface area (Å²) in [5.41, 5.74) is 3.82. The predicted molar refractivity (Wildman–Crippen MR) is 129 cm³/mol. The number of rotatable bonds is 7. The highest BCUT2D eigenvalue weighted by atomic mass is 32.2. The van der Waals surface area contributed by atoms with Crippen LogP contribution in [0.1, 0.15) is 28.7 Å². The third-order valence-corrected chi connectivity index (χ3v) is 6.52. The van der Waals surface area contributed by atoms with E-state index in [-0.39, 0.29) is 17.1 Å². The van der Waals surface area contributed by atoms with E-state index >= 15 is 0 Å². The van der Waals surface area contributed by atoms with Gasteiger partial charge in [-0.15, -0.1) is 0 Å². The molecule has 0 aliphatic carbocycles. The van der Waals surface area contributed by atoms with Crippen molar-refractivity contribution in [1.82, 2.24) is 14.1 Å². The topological polar surface area (TPSA) is 66.1 Å². The minimum Gasteiger partial charge on any atom is -0.497 e. The molecule has 2 aromatic heterocycles. The molecule has 0 aliphatic heterocycles. The number of thioether (sulfide) groups is 1. The number of aryl methyl sites for hydroxylation is 1. The molecule has 0 saturated heterocycles. The standard InChI is InChI=1S/C25H25N3O3S/c1-5-27-16(2)13-21(17(27)3)23(29)15-32-25-26-22-12-7-6-11-20(22)24(30)28(25)18-9-8-10-19(14-18)31-4/h6-14H,5,15H2,1-4H3. The fourth-order valence-electron chi connectivity index (χ4n) is 3.96. The molecule has 164 valence electrons.